The molecule has 1 N–H and O–H groups in total. The first-order valence-corrected chi connectivity index (χ1v) is 7.29. The number of rotatable bonds is 6. The zero-order valence-corrected chi connectivity index (χ0v) is 12.8. The standard InChI is InChI=1S/C16H18ClFN2O/c1-3-6-20-11(2)12-4-5-16(15(18)7-12)21-14-8-13(17)9-19-10-14/h4-5,7-11,20H,3,6H2,1-2H3. The number of ether oxygens (including phenoxy) is 1. The Bertz CT molecular complexity index is 607. The van der Waals surface area contributed by atoms with E-state index < -0.39 is 5.82 Å². The number of nitrogens with zero attached hydrogens (tertiary/aromatic N) is 1. The molecule has 0 spiro atoms. The number of pyridine rings is 1. The molecule has 0 aliphatic carbocycles. The predicted octanol–water partition coefficient (Wildman–Crippen LogP) is 4.73. The third-order valence-corrected chi connectivity index (χ3v) is 3.27. The van der Waals surface area contributed by atoms with Gasteiger partial charge < -0.3 is 10.1 Å². The van der Waals surface area contributed by atoms with E-state index in [9.17, 15) is 4.39 Å². The predicted molar refractivity (Wildman–Crippen MR) is 82.4 cm³/mol. The lowest BCUT2D eigenvalue weighted by molar-refractivity contribution is 0.438. The molecule has 112 valence electrons. The zero-order chi connectivity index (χ0) is 15.2. The number of hydrogen-bond donors (Lipinski definition) is 1. The van der Waals surface area contributed by atoms with Gasteiger partial charge in [0.1, 0.15) is 5.75 Å². The third-order valence-electron chi connectivity index (χ3n) is 3.06. The topological polar surface area (TPSA) is 34.1 Å². The summed E-state index contributed by atoms with van der Waals surface area (Å²) in [5, 5.41) is 3.76. The van der Waals surface area contributed by atoms with E-state index in [1.807, 2.05) is 13.0 Å². The molecule has 0 radical (unpaired) electrons. The molecule has 0 saturated carbocycles. The van der Waals surface area contributed by atoms with Gasteiger partial charge in [-0.2, -0.15) is 0 Å². The summed E-state index contributed by atoms with van der Waals surface area (Å²) in [7, 11) is 0. The van der Waals surface area contributed by atoms with Crippen molar-refractivity contribution < 1.29 is 9.13 Å². The molecule has 0 aliphatic heterocycles. The van der Waals surface area contributed by atoms with Crippen LogP contribution in [0.1, 0.15) is 31.9 Å². The second-order valence-electron chi connectivity index (χ2n) is 4.81. The smallest absolute Gasteiger partial charge is 0.166 e. The second kappa shape index (κ2) is 7.38. The summed E-state index contributed by atoms with van der Waals surface area (Å²) in [6, 6.07) is 6.65. The third kappa shape index (κ3) is 4.41. The first-order chi connectivity index (χ1) is 10.1. The van der Waals surface area contributed by atoms with Gasteiger partial charge in [0.15, 0.2) is 11.6 Å². The molecule has 0 amide bonds. The van der Waals surface area contributed by atoms with Crippen molar-refractivity contribution in [1.29, 1.82) is 0 Å². The van der Waals surface area contributed by atoms with Gasteiger partial charge in [-0.05, 0) is 37.6 Å². The van der Waals surface area contributed by atoms with E-state index in [0.717, 1.165) is 18.5 Å². The number of aromatic nitrogens is 1. The van der Waals surface area contributed by atoms with Gasteiger partial charge in [0.05, 0.1) is 11.2 Å². The van der Waals surface area contributed by atoms with Gasteiger partial charge in [0, 0.05) is 18.3 Å². The number of benzene rings is 1. The van der Waals surface area contributed by atoms with Crippen LogP contribution in [0.3, 0.4) is 0 Å². The Morgan fingerprint density at radius 2 is 2.14 bits per heavy atom. The highest BCUT2D eigenvalue weighted by Gasteiger charge is 2.10. The molecule has 1 heterocycles. The maximum atomic E-state index is 14.1. The van der Waals surface area contributed by atoms with Crippen molar-refractivity contribution in [2.75, 3.05) is 6.54 Å². The van der Waals surface area contributed by atoms with Crippen LogP contribution in [0.25, 0.3) is 0 Å². The largest absolute Gasteiger partial charge is 0.453 e. The van der Waals surface area contributed by atoms with Gasteiger partial charge in [0.25, 0.3) is 0 Å². The minimum absolute atomic E-state index is 0.0985. The summed E-state index contributed by atoms with van der Waals surface area (Å²) in [4.78, 5) is 3.90. The average Bonchev–Trinajstić information content (AvgIpc) is 2.47. The van der Waals surface area contributed by atoms with Crippen LogP contribution in [0.15, 0.2) is 36.7 Å². The van der Waals surface area contributed by atoms with Crippen LogP contribution < -0.4 is 10.1 Å². The van der Waals surface area contributed by atoms with E-state index in [1.54, 1.807) is 12.1 Å². The molecule has 0 bridgehead atoms. The minimum Gasteiger partial charge on any atom is -0.453 e. The van der Waals surface area contributed by atoms with Crippen LogP contribution in [-0.2, 0) is 0 Å². The van der Waals surface area contributed by atoms with Gasteiger partial charge >= 0.3 is 0 Å². The summed E-state index contributed by atoms with van der Waals surface area (Å²) in [5.41, 5.74) is 0.887. The number of hydrogen-bond acceptors (Lipinski definition) is 3. The van der Waals surface area contributed by atoms with Crippen molar-refractivity contribution in [3.8, 4) is 11.5 Å². The molecule has 5 heteroatoms. The van der Waals surface area contributed by atoms with Crippen LogP contribution in [0.4, 0.5) is 4.39 Å². The van der Waals surface area contributed by atoms with Crippen LogP contribution in [0, 0.1) is 5.82 Å². The molecule has 0 fully saturated rings. The van der Waals surface area contributed by atoms with E-state index >= 15 is 0 Å². The van der Waals surface area contributed by atoms with Crippen LogP contribution in [0.5, 0.6) is 11.5 Å². The Kier molecular flexibility index (Phi) is 5.53. The molecule has 3 nitrogen and oxygen atoms in total. The average molecular weight is 309 g/mol. The molecule has 0 saturated heterocycles. The molecular weight excluding hydrogens is 291 g/mol. The maximum Gasteiger partial charge on any atom is 0.166 e. The molecular formula is C16H18ClFN2O. The van der Waals surface area contributed by atoms with Crippen LogP contribution in [-0.4, -0.2) is 11.5 Å². The van der Waals surface area contributed by atoms with E-state index in [-0.39, 0.29) is 11.8 Å². The molecule has 1 aromatic carbocycles. The highest BCUT2D eigenvalue weighted by atomic mass is 35.5. The van der Waals surface area contributed by atoms with E-state index in [0.29, 0.717) is 10.8 Å². The highest BCUT2D eigenvalue weighted by Crippen LogP contribution is 2.27. The molecule has 0 aliphatic rings. The summed E-state index contributed by atoms with van der Waals surface area (Å²) < 4.78 is 19.6. The van der Waals surface area contributed by atoms with Crippen molar-refractivity contribution in [3.05, 3.63) is 53.1 Å². The molecule has 1 aromatic heterocycles. The monoisotopic (exact) mass is 308 g/mol. The van der Waals surface area contributed by atoms with Gasteiger partial charge in [-0.1, -0.05) is 24.6 Å². The molecule has 21 heavy (non-hydrogen) atoms. The zero-order valence-electron chi connectivity index (χ0n) is 12.1. The minimum atomic E-state index is -0.405. The summed E-state index contributed by atoms with van der Waals surface area (Å²) in [5.74, 6) is 0.162. The fourth-order valence-corrected chi connectivity index (χ4v) is 2.09. The van der Waals surface area contributed by atoms with Crippen molar-refractivity contribution in [1.82, 2.24) is 10.3 Å². The highest BCUT2D eigenvalue weighted by molar-refractivity contribution is 6.30. The van der Waals surface area contributed by atoms with Gasteiger partial charge in [-0.25, -0.2) is 4.39 Å². The van der Waals surface area contributed by atoms with Crippen molar-refractivity contribution in [2.24, 2.45) is 0 Å². The van der Waals surface area contributed by atoms with E-state index in [1.165, 1.54) is 18.5 Å². The number of halogens is 2. The summed E-state index contributed by atoms with van der Waals surface area (Å²) >= 11 is 5.82. The first-order valence-electron chi connectivity index (χ1n) is 6.91. The Balaban J connectivity index is 2.12. The van der Waals surface area contributed by atoms with E-state index in [2.05, 4.69) is 17.2 Å². The Morgan fingerprint density at radius 3 is 2.81 bits per heavy atom. The molecule has 2 rings (SSSR count). The molecule has 2 aromatic rings. The fraction of sp³-hybridized carbons (Fsp3) is 0.312. The fourth-order valence-electron chi connectivity index (χ4n) is 1.92. The van der Waals surface area contributed by atoms with Gasteiger partial charge in [-0.3, -0.25) is 4.98 Å². The van der Waals surface area contributed by atoms with Crippen molar-refractivity contribution >= 4 is 11.6 Å². The lowest BCUT2D eigenvalue weighted by Crippen LogP contribution is -2.19. The second-order valence-corrected chi connectivity index (χ2v) is 5.24. The normalized spacial score (nSPS) is 12.2. The van der Waals surface area contributed by atoms with Gasteiger partial charge in [-0.15, -0.1) is 0 Å². The molecule has 1 unspecified atom stereocenters. The Labute approximate surface area is 129 Å². The summed E-state index contributed by atoms with van der Waals surface area (Å²) in [6.07, 6.45) is 4.02. The van der Waals surface area contributed by atoms with Crippen LogP contribution in [0.2, 0.25) is 5.02 Å². The number of nitrogens with one attached hydrogen (secondary N) is 1. The van der Waals surface area contributed by atoms with Crippen molar-refractivity contribution in [2.45, 2.75) is 26.3 Å². The van der Waals surface area contributed by atoms with E-state index in [4.69, 9.17) is 16.3 Å². The molecule has 1 atom stereocenters. The maximum absolute atomic E-state index is 14.1. The first kappa shape index (κ1) is 15.7. The van der Waals surface area contributed by atoms with Crippen molar-refractivity contribution in [3.63, 3.8) is 0 Å². The lowest BCUT2D eigenvalue weighted by atomic mass is 10.1. The Hall–Kier alpha value is -1.65. The lowest BCUT2D eigenvalue weighted by Gasteiger charge is -2.15. The van der Waals surface area contributed by atoms with Gasteiger partial charge in [0.2, 0.25) is 0 Å². The Morgan fingerprint density at radius 1 is 1.33 bits per heavy atom. The SMILES string of the molecule is CCCNC(C)c1ccc(Oc2cncc(Cl)c2)c(F)c1. The van der Waals surface area contributed by atoms with Crippen LogP contribution >= 0.6 is 11.6 Å². The summed E-state index contributed by atoms with van der Waals surface area (Å²) in [6.45, 7) is 5.00. The quantitative estimate of drug-likeness (QED) is 0.838.